The Bertz CT molecular complexity index is 1040. The van der Waals surface area contributed by atoms with E-state index in [1.54, 1.807) is 13.2 Å². The molecule has 0 fully saturated rings. The Kier molecular flexibility index (Phi) is 6.90. The average molecular weight is 409 g/mol. The van der Waals surface area contributed by atoms with Crippen LogP contribution in [0.1, 0.15) is 54.8 Å². The smallest absolute Gasteiger partial charge is 0.375 e. The molecule has 0 aliphatic carbocycles. The van der Waals surface area contributed by atoms with Crippen LogP contribution in [0.25, 0.3) is 11.0 Å². The third-order valence-electron chi connectivity index (χ3n) is 5.19. The van der Waals surface area contributed by atoms with E-state index in [2.05, 4.69) is 19.2 Å². The number of nitrogens with one attached hydrogen (secondary N) is 1. The van der Waals surface area contributed by atoms with Gasteiger partial charge in [0.2, 0.25) is 5.76 Å². The van der Waals surface area contributed by atoms with Crippen molar-refractivity contribution < 1.29 is 23.5 Å². The molecule has 1 amide bonds. The zero-order valence-electron chi connectivity index (χ0n) is 17.7. The van der Waals surface area contributed by atoms with Crippen molar-refractivity contribution in [2.24, 2.45) is 0 Å². The van der Waals surface area contributed by atoms with Crippen LogP contribution in [-0.4, -0.2) is 25.1 Å². The van der Waals surface area contributed by atoms with Crippen molar-refractivity contribution in [3.63, 3.8) is 0 Å². The molecule has 0 saturated carbocycles. The number of hydrogen-bond acceptors (Lipinski definition) is 5. The number of amides is 1. The van der Waals surface area contributed by atoms with Gasteiger partial charge in [-0.1, -0.05) is 50.2 Å². The molecule has 0 radical (unpaired) electrons. The molecular weight excluding hydrogens is 382 g/mol. The van der Waals surface area contributed by atoms with Crippen molar-refractivity contribution in [2.75, 3.05) is 12.4 Å². The van der Waals surface area contributed by atoms with E-state index in [0.717, 1.165) is 23.1 Å². The molecule has 3 aromatic rings. The van der Waals surface area contributed by atoms with E-state index in [-0.39, 0.29) is 12.4 Å². The zero-order valence-corrected chi connectivity index (χ0v) is 17.7. The van der Waals surface area contributed by atoms with Gasteiger partial charge in [0.1, 0.15) is 5.58 Å². The summed E-state index contributed by atoms with van der Waals surface area (Å²) < 4.78 is 16.3. The molecule has 1 N–H and O–H groups in total. The quantitative estimate of drug-likeness (QED) is 0.512. The minimum absolute atomic E-state index is 0.0534. The fourth-order valence-electron chi connectivity index (χ4n) is 3.31. The molecule has 1 heterocycles. The molecule has 3 rings (SSSR count). The maximum atomic E-state index is 12.7. The first-order valence-electron chi connectivity index (χ1n) is 10.1. The van der Waals surface area contributed by atoms with Crippen molar-refractivity contribution in [3.05, 3.63) is 65.4 Å². The predicted octanol–water partition coefficient (Wildman–Crippen LogP) is 5.28. The van der Waals surface area contributed by atoms with Crippen LogP contribution in [-0.2, 0) is 20.9 Å². The third-order valence-corrected chi connectivity index (χ3v) is 5.19. The van der Waals surface area contributed by atoms with Crippen molar-refractivity contribution >= 4 is 28.5 Å². The molecule has 6 nitrogen and oxygen atoms in total. The van der Waals surface area contributed by atoms with Gasteiger partial charge in [0, 0.05) is 23.7 Å². The Morgan fingerprint density at radius 3 is 2.50 bits per heavy atom. The van der Waals surface area contributed by atoms with Crippen molar-refractivity contribution in [1.82, 2.24) is 0 Å². The van der Waals surface area contributed by atoms with E-state index in [4.69, 9.17) is 13.9 Å². The van der Waals surface area contributed by atoms with Gasteiger partial charge in [0.15, 0.2) is 6.10 Å². The van der Waals surface area contributed by atoms with E-state index in [1.807, 2.05) is 42.5 Å². The SMILES string of the molecule is CC[C@@H](C)c1ccccc1NC(=O)[C@@H](C)OC(=O)c1oc2ccccc2c1COC. The van der Waals surface area contributed by atoms with E-state index >= 15 is 0 Å². The molecule has 0 saturated heterocycles. The number of esters is 1. The first-order valence-corrected chi connectivity index (χ1v) is 10.1. The number of rotatable bonds is 8. The van der Waals surface area contributed by atoms with Crippen LogP contribution in [0.2, 0.25) is 0 Å². The summed E-state index contributed by atoms with van der Waals surface area (Å²) in [6.45, 7) is 5.94. The number of methoxy groups -OCH3 is 1. The van der Waals surface area contributed by atoms with E-state index in [9.17, 15) is 9.59 Å². The molecule has 0 unspecified atom stereocenters. The second-order valence-corrected chi connectivity index (χ2v) is 7.27. The number of benzene rings is 2. The Morgan fingerprint density at radius 2 is 1.77 bits per heavy atom. The monoisotopic (exact) mass is 409 g/mol. The van der Waals surface area contributed by atoms with Crippen LogP contribution in [0.5, 0.6) is 0 Å². The highest BCUT2D eigenvalue weighted by atomic mass is 16.6. The number of anilines is 1. The van der Waals surface area contributed by atoms with Crippen molar-refractivity contribution in [3.8, 4) is 0 Å². The number of fused-ring (bicyclic) bond motifs is 1. The predicted molar refractivity (Wildman–Crippen MR) is 116 cm³/mol. The molecule has 1 aromatic heterocycles. The Hall–Kier alpha value is -3.12. The minimum Gasteiger partial charge on any atom is -0.449 e. The number of ether oxygens (including phenoxy) is 2. The fourth-order valence-corrected chi connectivity index (χ4v) is 3.31. The van der Waals surface area contributed by atoms with E-state index in [0.29, 0.717) is 17.1 Å². The standard InChI is InChI=1S/C24H27NO5/c1-5-15(2)17-10-6-8-12-20(17)25-23(26)16(3)29-24(27)22-19(14-28-4)18-11-7-9-13-21(18)30-22/h6-13,15-16H,5,14H2,1-4H3,(H,25,26)/t15-,16-/m1/s1. The second kappa shape index (κ2) is 9.59. The maximum absolute atomic E-state index is 12.7. The first kappa shape index (κ1) is 21.6. The molecule has 0 aliphatic heterocycles. The molecule has 0 aliphatic rings. The van der Waals surface area contributed by atoms with Crippen molar-refractivity contribution in [1.29, 1.82) is 0 Å². The molecule has 2 atom stereocenters. The molecular formula is C24H27NO5. The summed E-state index contributed by atoms with van der Waals surface area (Å²) in [5.41, 5.74) is 2.94. The lowest BCUT2D eigenvalue weighted by Gasteiger charge is -2.18. The summed E-state index contributed by atoms with van der Waals surface area (Å²) in [5, 5.41) is 3.66. The lowest BCUT2D eigenvalue weighted by molar-refractivity contribution is -0.123. The maximum Gasteiger partial charge on any atom is 0.375 e. The topological polar surface area (TPSA) is 77.8 Å². The average Bonchev–Trinajstić information content (AvgIpc) is 3.12. The summed E-state index contributed by atoms with van der Waals surface area (Å²) in [7, 11) is 1.54. The highest BCUT2D eigenvalue weighted by Gasteiger charge is 2.26. The van der Waals surface area contributed by atoms with Gasteiger partial charge in [-0.15, -0.1) is 0 Å². The molecule has 6 heteroatoms. The van der Waals surface area contributed by atoms with Crippen LogP contribution in [0.15, 0.2) is 52.9 Å². The van der Waals surface area contributed by atoms with Crippen molar-refractivity contribution in [2.45, 2.75) is 45.8 Å². The number of carbonyl (C=O) groups excluding carboxylic acids is 2. The van der Waals surface area contributed by atoms with Gasteiger partial charge in [-0.05, 0) is 37.0 Å². The van der Waals surface area contributed by atoms with E-state index in [1.165, 1.54) is 6.92 Å². The Balaban J connectivity index is 1.76. The van der Waals surface area contributed by atoms with E-state index < -0.39 is 18.0 Å². The number of hydrogen-bond donors (Lipinski definition) is 1. The lowest BCUT2D eigenvalue weighted by atomic mass is 9.97. The summed E-state index contributed by atoms with van der Waals surface area (Å²) >= 11 is 0. The third kappa shape index (κ3) is 4.54. The summed E-state index contributed by atoms with van der Waals surface area (Å²) in [4.78, 5) is 25.4. The normalized spacial score (nSPS) is 13.1. The van der Waals surface area contributed by atoms with Gasteiger partial charge in [0.25, 0.3) is 5.91 Å². The highest BCUT2D eigenvalue weighted by molar-refractivity contribution is 5.99. The second-order valence-electron chi connectivity index (χ2n) is 7.27. The number of furan rings is 1. The summed E-state index contributed by atoms with van der Waals surface area (Å²) in [6, 6.07) is 15.0. The fraction of sp³-hybridized carbons (Fsp3) is 0.333. The van der Waals surface area contributed by atoms with Crippen LogP contribution in [0, 0.1) is 0 Å². The van der Waals surface area contributed by atoms with Gasteiger partial charge in [-0.2, -0.15) is 0 Å². The molecule has 0 spiro atoms. The van der Waals surface area contributed by atoms with Gasteiger partial charge < -0.3 is 19.2 Å². The Morgan fingerprint density at radius 1 is 1.07 bits per heavy atom. The van der Waals surface area contributed by atoms with Crippen LogP contribution < -0.4 is 5.32 Å². The van der Waals surface area contributed by atoms with Gasteiger partial charge in [-0.25, -0.2) is 4.79 Å². The van der Waals surface area contributed by atoms with Gasteiger partial charge in [-0.3, -0.25) is 4.79 Å². The van der Waals surface area contributed by atoms with Crippen LogP contribution in [0.3, 0.4) is 0 Å². The number of para-hydroxylation sites is 2. The Labute approximate surface area is 176 Å². The minimum atomic E-state index is -0.994. The largest absolute Gasteiger partial charge is 0.449 e. The van der Waals surface area contributed by atoms with Gasteiger partial charge >= 0.3 is 5.97 Å². The van der Waals surface area contributed by atoms with Gasteiger partial charge in [0.05, 0.1) is 6.61 Å². The first-order chi connectivity index (χ1) is 14.5. The van der Waals surface area contributed by atoms with Crippen LogP contribution >= 0.6 is 0 Å². The lowest BCUT2D eigenvalue weighted by Crippen LogP contribution is -2.30. The number of carbonyl (C=O) groups is 2. The molecule has 158 valence electrons. The highest BCUT2D eigenvalue weighted by Crippen LogP contribution is 2.28. The zero-order chi connectivity index (χ0) is 21.7. The molecule has 0 bridgehead atoms. The summed E-state index contributed by atoms with van der Waals surface area (Å²) in [5.74, 6) is -0.746. The van der Waals surface area contributed by atoms with Crippen LogP contribution in [0.4, 0.5) is 5.69 Å². The molecule has 2 aromatic carbocycles. The summed E-state index contributed by atoms with van der Waals surface area (Å²) in [6.07, 6.45) is -0.0442. The molecule has 30 heavy (non-hydrogen) atoms.